The maximum absolute atomic E-state index is 12.7. The number of hydrogen-bond donors (Lipinski definition) is 3. The molecule has 0 unspecified atom stereocenters. The fourth-order valence-corrected chi connectivity index (χ4v) is 3.60. The molecule has 2 aromatic rings. The van der Waals surface area contributed by atoms with Crippen LogP contribution in [0.1, 0.15) is 42.5 Å². The molecule has 1 fully saturated rings. The van der Waals surface area contributed by atoms with E-state index >= 15 is 0 Å². The van der Waals surface area contributed by atoms with E-state index in [2.05, 4.69) is 25.9 Å². The van der Waals surface area contributed by atoms with Gasteiger partial charge in [-0.1, -0.05) is 18.6 Å². The Labute approximate surface area is 177 Å². The smallest absolute Gasteiger partial charge is 0.357 e. The number of benzene rings is 1. The van der Waals surface area contributed by atoms with Crippen molar-refractivity contribution >= 4 is 28.9 Å². The third-order valence-electron chi connectivity index (χ3n) is 4.68. The molecular formula is C20H24F3N5OS. The first-order valence-corrected chi connectivity index (χ1v) is 10.7. The number of halogens is 3. The molecule has 1 saturated carbocycles. The van der Waals surface area contributed by atoms with Gasteiger partial charge >= 0.3 is 6.18 Å². The van der Waals surface area contributed by atoms with E-state index in [4.69, 9.17) is 0 Å². The van der Waals surface area contributed by atoms with E-state index in [1.54, 1.807) is 0 Å². The van der Waals surface area contributed by atoms with Gasteiger partial charge < -0.3 is 16.0 Å². The number of guanidine groups is 1. The van der Waals surface area contributed by atoms with Crippen LogP contribution in [0, 0.1) is 5.92 Å². The first-order valence-electron chi connectivity index (χ1n) is 9.78. The number of aromatic nitrogens is 1. The Balaban J connectivity index is 1.58. The van der Waals surface area contributed by atoms with E-state index in [1.165, 1.54) is 0 Å². The van der Waals surface area contributed by atoms with Crippen LogP contribution in [-0.2, 0) is 24.1 Å². The Morgan fingerprint density at radius 1 is 1.30 bits per heavy atom. The number of aliphatic imine (C=N–C) groups is 1. The molecule has 1 aromatic heterocycles. The van der Waals surface area contributed by atoms with Gasteiger partial charge in [0.25, 0.3) is 0 Å². The van der Waals surface area contributed by atoms with Crippen molar-refractivity contribution < 1.29 is 18.0 Å². The van der Waals surface area contributed by atoms with E-state index in [1.807, 2.05) is 31.2 Å². The van der Waals surface area contributed by atoms with Crippen LogP contribution >= 0.6 is 11.3 Å². The lowest BCUT2D eigenvalue weighted by molar-refractivity contribution is -0.140. The number of nitrogens with zero attached hydrogens (tertiary/aromatic N) is 2. The molecule has 3 rings (SSSR count). The topological polar surface area (TPSA) is 78.4 Å². The molecular weight excluding hydrogens is 415 g/mol. The highest BCUT2D eigenvalue weighted by Crippen LogP contribution is 2.30. The Hall–Kier alpha value is -2.62. The minimum absolute atomic E-state index is 0.0542. The summed E-state index contributed by atoms with van der Waals surface area (Å²) in [5, 5.41) is 10.3. The fourth-order valence-electron chi connectivity index (χ4n) is 2.86. The molecule has 0 bridgehead atoms. The Morgan fingerprint density at radius 3 is 2.73 bits per heavy atom. The molecule has 0 atom stereocenters. The molecule has 1 aliphatic rings. The monoisotopic (exact) mass is 439 g/mol. The predicted octanol–water partition coefficient (Wildman–Crippen LogP) is 4.16. The number of carbonyl (C=O) groups is 1. The van der Waals surface area contributed by atoms with Crippen LogP contribution in [-0.4, -0.2) is 23.4 Å². The van der Waals surface area contributed by atoms with Crippen molar-refractivity contribution in [3.63, 3.8) is 0 Å². The van der Waals surface area contributed by atoms with Gasteiger partial charge in [0.15, 0.2) is 11.7 Å². The lowest BCUT2D eigenvalue weighted by Crippen LogP contribution is -2.36. The van der Waals surface area contributed by atoms with Crippen LogP contribution in [0.15, 0.2) is 34.6 Å². The highest BCUT2D eigenvalue weighted by Gasteiger charge is 2.33. The maximum atomic E-state index is 12.7. The van der Waals surface area contributed by atoms with Gasteiger partial charge in [-0.3, -0.25) is 4.79 Å². The van der Waals surface area contributed by atoms with Crippen molar-refractivity contribution in [2.45, 2.75) is 45.5 Å². The second-order valence-corrected chi connectivity index (χ2v) is 7.93. The average Bonchev–Trinajstić information content (AvgIpc) is 3.12. The van der Waals surface area contributed by atoms with Gasteiger partial charge in [-0.15, -0.1) is 11.3 Å². The number of thiazole rings is 1. The van der Waals surface area contributed by atoms with Crippen LogP contribution < -0.4 is 16.0 Å². The molecule has 1 amide bonds. The normalized spacial score (nSPS) is 14.9. The number of anilines is 1. The summed E-state index contributed by atoms with van der Waals surface area (Å²) in [6, 6.07) is 7.48. The molecule has 3 N–H and O–H groups in total. The summed E-state index contributed by atoms with van der Waals surface area (Å²) in [5.41, 5.74) is 0.763. The molecule has 1 aromatic carbocycles. The lowest BCUT2D eigenvalue weighted by atomic mass is 9.85. The summed E-state index contributed by atoms with van der Waals surface area (Å²) in [4.78, 5) is 20.2. The molecule has 0 aliphatic heterocycles. The molecule has 30 heavy (non-hydrogen) atoms. The Bertz CT molecular complexity index is 893. The van der Waals surface area contributed by atoms with Gasteiger partial charge in [0.1, 0.15) is 5.01 Å². The van der Waals surface area contributed by atoms with Gasteiger partial charge in [-0.05, 0) is 37.5 Å². The van der Waals surface area contributed by atoms with Gasteiger partial charge in [-0.2, -0.15) is 13.2 Å². The third-order valence-corrected chi connectivity index (χ3v) is 5.53. The summed E-state index contributed by atoms with van der Waals surface area (Å²) in [5.74, 6) is 0.642. The van der Waals surface area contributed by atoms with Crippen molar-refractivity contribution in [2.75, 3.05) is 11.9 Å². The SMILES string of the molecule is CCNC(=NCc1cccc(NC(=O)C2CCC2)c1)NCc1nc(C(F)(F)F)cs1. The number of rotatable bonds is 7. The number of alkyl halides is 3. The third kappa shape index (κ3) is 6.19. The highest BCUT2D eigenvalue weighted by molar-refractivity contribution is 7.09. The van der Waals surface area contributed by atoms with Crippen LogP contribution in [0.2, 0.25) is 0 Å². The first-order chi connectivity index (χ1) is 14.3. The molecule has 0 radical (unpaired) electrons. The lowest BCUT2D eigenvalue weighted by Gasteiger charge is -2.24. The van der Waals surface area contributed by atoms with E-state index in [0.717, 1.165) is 47.2 Å². The summed E-state index contributed by atoms with van der Waals surface area (Å²) in [7, 11) is 0. The minimum atomic E-state index is -4.44. The fraction of sp³-hybridized carbons (Fsp3) is 0.450. The van der Waals surface area contributed by atoms with Crippen LogP contribution in [0.4, 0.5) is 18.9 Å². The maximum Gasteiger partial charge on any atom is 0.434 e. The molecule has 162 valence electrons. The van der Waals surface area contributed by atoms with Crippen molar-refractivity contribution in [2.24, 2.45) is 10.9 Å². The quantitative estimate of drug-likeness (QED) is 0.447. The minimum Gasteiger partial charge on any atom is -0.357 e. The zero-order valence-corrected chi connectivity index (χ0v) is 17.4. The molecule has 6 nitrogen and oxygen atoms in total. The van der Waals surface area contributed by atoms with Crippen LogP contribution in [0.5, 0.6) is 0 Å². The van der Waals surface area contributed by atoms with E-state index in [9.17, 15) is 18.0 Å². The summed E-state index contributed by atoms with van der Waals surface area (Å²) >= 11 is 0.951. The van der Waals surface area contributed by atoms with Gasteiger partial charge in [-0.25, -0.2) is 9.98 Å². The number of carbonyl (C=O) groups excluding carboxylic acids is 1. The van der Waals surface area contributed by atoms with E-state index in [0.29, 0.717) is 24.1 Å². The number of nitrogens with one attached hydrogen (secondary N) is 3. The van der Waals surface area contributed by atoms with Gasteiger partial charge in [0.2, 0.25) is 5.91 Å². The van der Waals surface area contributed by atoms with Crippen molar-refractivity contribution in [3.05, 3.63) is 45.9 Å². The number of hydrogen-bond acceptors (Lipinski definition) is 4. The molecule has 10 heteroatoms. The average molecular weight is 440 g/mol. The van der Waals surface area contributed by atoms with Gasteiger partial charge in [0.05, 0.1) is 13.1 Å². The first kappa shape index (κ1) is 22.1. The molecule has 1 aliphatic carbocycles. The van der Waals surface area contributed by atoms with E-state index < -0.39 is 11.9 Å². The van der Waals surface area contributed by atoms with Gasteiger partial charge in [0, 0.05) is 23.5 Å². The Morgan fingerprint density at radius 2 is 2.10 bits per heavy atom. The zero-order chi connectivity index (χ0) is 21.6. The molecule has 0 saturated heterocycles. The van der Waals surface area contributed by atoms with Crippen molar-refractivity contribution in [1.82, 2.24) is 15.6 Å². The summed E-state index contributed by atoms with van der Waals surface area (Å²) in [6.07, 6.45) is -1.45. The summed E-state index contributed by atoms with van der Waals surface area (Å²) < 4.78 is 38.0. The highest BCUT2D eigenvalue weighted by atomic mass is 32.1. The van der Waals surface area contributed by atoms with Crippen LogP contribution in [0.25, 0.3) is 0 Å². The van der Waals surface area contributed by atoms with Crippen molar-refractivity contribution in [1.29, 1.82) is 0 Å². The standard InChI is InChI=1S/C20H24F3N5OS/c1-2-24-19(26-11-17-28-16(12-30-17)20(21,22)23)25-10-13-5-3-8-15(9-13)27-18(29)14-6-4-7-14/h3,5,8-9,12,14H,2,4,6-7,10-11H2,1H3,(H,27,29)(H2,24,25,26). The van der Waals surface area contributed by atoms with E-state index in [-0.39, 0.29) is 18.4 Å². The number of amides is 1. The zero-order valence-electron chi connectivity index (χ0n) is 16.6. The second kappa shape index (κ2) is 9.92. The Kier molecular flexibility index (Phi) is 7.30. The second-order valence-electron chi connectivity index (χ2n) is 6.99. The van der Waals surface area contributed by atoms with Crippen LogP contribution in [0.3, 0.4) is 0 Å². The molecule has 0 spiro atoms. The summed E-state index contributed by atoms with van der Waals surface area (Å²) in [6.45, 7) is 3.01. The molecule has 1 heterocycles. The largest absolute Gasteiger partial charge is 0.434 e. The van der Waals surface area contributed by atoms with Crippen molar-refractivity contribution in [3.8, 4) is 0 Å². The predicted molar refractivity (Wildman–Crippen MR) is 111 cm³/mol.